The summed E-state index contributed by atoms with van der Waals surface area (Å²) >= 11 is 0. The lowest BCUT2D eigenvalue weighted by Gasteiger charge is -1.96. The van der Waals surface area contributed by atoms with E-state index in [1.807, 2.05) is 6.92 Å². The minimum Gasteiger partial charge on any atom is -0.481 e. The average Bonchev–Trinajstić information content (AvgIpc) is 2.15. The van der Waals surface area contributed by atoms with E-state index in [2.05, 4.69) is 0 Å². The van der Waals surface area contributed by atoms with E-state index in [-0.39, 0.29) is 6.42 Å². The summed E-state index contributed by atoms with van der Waals surface area (Å²) in [7, 11) is 0. The summed E-state index contributed by atoms with van der Waals surface area (Å²) in [6, 6.07) is 0. The van der Waals surface area contributed by atoms with Crippen LogP contribution in [0.5, 0.6) is 0 Å². The van der Waals surface area contributed by atoms with Crippen molar-refractivity contribution in [1.29, 1.82) is 0 Å². The van der Waals surface area contributed by atoms with Gasteiger partial charge in [-0.3, -0.25) is 4.79 Å². The quantitative estimate of drug-likeness (QED) is 0.595. The molecule has 1 N–H and O–H groups in total. The third kappa shape index (κ3) is 1.59. The lowest BCUT2D eigenvalue weighted by molar-refractivity contribution is -0.136. The zero-order valence-electron chi connectivity index (χ0n) is 6.18. The van der Waals surface area contributed by atoms with Crippen LogP contribution in [0.15, 0.2) is 11.1 Å². The molecular weight excluding hydrogens is 128 g/mol. The highest BCUT2D eigenvalue weighted by molar-refractivity contribution is 5.70. The molecule has 0 aliphatic heterocycles. The lowest BCUT2D eigenvalue weighted by Crippen LogP contribution is -1.96. The van der Waals surface area contributed by atoms with Crippen molar-refractivity contribution in [2.45, 2.75) is 32.6 Å². The van der Waals surface area contributed by atoms with Crippen molar-refractivity contribution < 1.29 is 9.90 Å². The molecule has 0 unspecified atom stereocenters. The minimum absolute atomic E-state index is 0.256. The molecule has 0 radical (unpaired) electrons. The fraction of sp³-hybridized carbons (Fsp3) is 0.625. The molecule has 0 spiro atoms. The maximum atomic E-state index is 10.3. The van der Waals surface area contributed by atoms with Crippen molar-refractivity contribution in [3.05, 3.63) is 11.1 Å². The van der Waals surface area contributed by atoms with Crippen molar-refractivity contribution in [2.24, 2.45) is 0 Å². The second-order valence-corrected chi connectivity index (χ2v) is 2.81. The molecule has 0 saturated heterocycles. The molecule has 0 fully saturated rings. The molecular formula is C8H12O2. The van der Waals surface area contributed by atoms with Gasteiger partial charge in [-0.2, -0.15) is 0 Å². The smallest absolute Gasteiger partial charge is 0.307 e. The molecule has 0 amide bonds. The molecule has 0 aromatic carbocycles. The molecule has 1 aliphatic rings. The Kier molecular flexibility index (Phi) is 2.10. The van der Waals surface area contributed by atoms with Crippen LogP contribution in [0, 0.1) is 0 Å². The zero-order valence-corrected chi connectivity index (χ0v) is 6.18. The van der Waals surface area contributed by atoms with E-state index in [4.69, 9.17) is 5.11 Å². The number of allylic oxidation sites excluding steroid dienone is 1. The van der Waals surface area contributed by atoms with Gasteiger partial charge in [-0.15, -0.1) is 0 Å². The Balaban J connectivity index is 2.54. The first-order valence-electron chi connectivity index (χ1n) is 3.59. The summed E-state index contributed by atoms with van der Waals surface area (Å²) in [6.45, 7) is 2.03. The maximum absolute atomic E-state index is 10.3. The van der Waals surface area contributed by atoms with Gasteiger partial charge < -0.3 is 5.11 Å². The number of rotatable bonds is 2. The molecule has 0 atom stereocenters. The molecule has 1 rings (SSSR count). The molecule has 0 aromatic rings. The number of aliphatic carboxylic acids is 1. The predicted octanol–water partition coefficient (Wildman–Crippen LogP) is 1.96. The van der Waals surface area contributed by atoms with Crippen LogP contribution >= 0.6 is 0 Å². The second-order valence-electron chi connectivity index (χ2n) is 2.81. The molecule has 0 saturated carbocycles. The third-order valence-electron chi connectivity index (χ3n) is 2.00. The summed E-state index contributed by atoms with van der Waals surface area (Å²) < 4.78 is 0. The van der Waals surface area contributed by atoms with Crippen LogP contribution in [0.3, 0.4) is 0 Å². The predicted molar refractivity (Wildman–Crippen MR) is 38.8 cm³/mol. The van der Waals surface area contributed by atoms with Gasteiger partial charge in [-0.25, -0.2) is 0 Å². The van der Waals surface area contributed by atoms with Gasteiger partial charge in [0.1, 0.15) is 0 Å². The van der Waals surface area contributed by atoms with Crippen LogP contribution in [0.2, 0.25) is 0 Å². The van der Waals surface area contributed by atoms with E-state index in [0.717, 1.165) is 24.8 Å². The number of carbonyl (C=O) groups is 1. The first-order valence-corrected chi connectivity index (χ1v) is 3.59. The monoisotopic (exact) mass is 140 g/mol. The fourth-order valence-electron chi connectivity index (χ4n) is 1.38. The van der Waals surface area contributed by atoms with Gasteiger partial charge in [0.2, 0.25) is 0 Å². The number of hydrogen-bond donors (Lipinski definition) is 1. The van der Waals surface area contributed by atoms with Crippen molar-refractivity contribution in [3.63, 3.8) is 0 Å². The van der Waals surface area contributed by atoms with Gasteiger partial charge in [0.15, 0.2) is 0 Å². The highest BCUT2D eigenvalue weighted by Crippen LogP contribution is 2.27. The molecule has 0 aromatic heterocycles. The first kappa shape index (κ1) is 7.32. The van der Waals surface area contributed by atoms with E-state index in [1.54, 1.807) is 0 Å². The van der Waals surface area contributed by atoms with Gasteiger partial charge in [-0.05, 0) is 26.2 Å². The van der Waals surface area contributed by atoms with Crippen LogP contribution in [-0.2, 0) is 4.79 Å². The average molecular weight is 140 g/mol. The highest BCUT2D eigenvalue weighted by atomic mass is 16.4. The van der Waals surface area contributed by atoms with Gasteiger partial charge in [0.25, 0.3) is 0 Å². The van der Waals surface area contributed by atoms with E-state index >= 15 is 0 Å². The van der Waals surface area contributed by atoms with Crippen LogP contribution in [0.4, 0.5) is 0 Å². The van der Waals surface area contributed by atoms with E-state index in [0.29, 0.717) is 0 Å². The Morgan fingerprint density at radius 1 is 1.60 bits per heavy atom. The topological polar surface area (TPSA) is 37.3 Å². The summed E-state index contributed by atoms with van der Waals surface area (Å²) in [4.78, 5) is 10.3. The second kappa shape index (κ2) is 2.86. The van der Waals surface area contributed by atoms with Crippen molar-refractivity contribution in [3.8, 4) is 0 Å². The summed E-state index contributed by atoms with van der Waals surface area (Å²) in [5, 5.41) is 8.46. The van der Waals surface area contributed by atoms with Gasteiger partial charge >= 0.3 is 5.97 Å². The van der Waals surface area contributed by atoms with Crippen LogP contribution in [-0.4, -0.2) is 11.1 Å². The number of carboxylic acids is 1. The largest absolute Gasteiger partial charge is 0.481 e. The maximum Gasteiger partial charge on any atom is 0.307 e. The van der Waals surface area contributed by atoms with Gasteiger partial charge in [0.05, 0.1) is 6.42 Å². The van der Waals surface area contributed by atoms with Crippen molar-refractivity contribution >= 4 is 5.97 Å². The molecule has 56 valence electrons. The Bertz CT molecular complexity index is 180. The summed E-state index contributed by atoms with van der Waals surface area (Å²) in [5.41, 5.74) is 2.44. The highest BCUT2D eigenvalue weighted by Gasteiger charge is 2.12. The summed E-state index contributed by atoms with van der Waals surface area (Å²) in [6.07, 6.45) is 3.50. The van der Waals surface area contributed by atoms with Crippen LogP contribution in [0.1, 0.15) is 32.6 Å². The molecule has 0 bridgehead atoms. The van der Waals surface area contributed by atoms with Crippen LogP contribution in [0.25, 0.3) is 0 Å². The fourth-order valence-corrected chi connectivity index (χ4v) is 1.38. The van der Waals surface area contributed by atoms with E-state index in [1.165, 1.54) is 5.57 Å². The Labute approximate surface area is 60.6 Å². The van der Waals surface area contributed by atoms with E-state index in [9.17, 15) is 4.79 Å². The molecule has 1 aliphatic carbocycles. The minimum atomic E-state index is -0.698. The Morgan fingerprint density at radius 3 is 2.70 bits per heavy atom. The lowest BCUT2D eigenvalue weighted by atomic mass is 10.1. The number of hydrogen-bond acceptors (Lipinski definition) is 1. The Hall–Kier alpha value is -0.790. The first-order chi connectivity index (χ1) is 4.70. The normalized spacial score (nSPS) is 18.1. The number of carboxylic acid groups (broad SMARTS) is 1. The van der Waals surface area contributed by atoms with Crippen LogP contribution < -0.4 is 0 Å². The Morgan fingerprint density at radius 2 is 2.30 bits per heavy atom. The van der Waals surface area contributed by atoms with Crippen molar-refractivity contribution in [2.75, 3.05) is 0 Å². The van der Waals surface area contributed by atoms with Gasteiger partial charge in [-0.1, -0.05) is 11.1 Å². The SMILES string of the molecule is CC1=C(CC(=O)O)CCC1. The molecule has 0 heterocycles. The standard InChI is InChI=1S/C8H12O2/c1-6-3-2-4-7(6)5-8(9)10/h2-5H2,1H3,(H,9,10). The van der Waals surface area contributed by atoms with Crippen molar-refractivity contribution in [1.82, 2.24) is 0 Å². The van der Waals surface area contributed by atoms with Gasteiger partial charge in [0, 0.05) is 0 Å². The molecule has 2 nitrogen and oxygen atoms in total. The summed E-state index contributed by atoms with van der Waals surface area (Å²) in [5.74, 6) is -0.698. The molecule has 2 heteroatoms. The zero-order chi connectivity index (χ0) is 7.56. The van der Waals surface area contributed by atoms with E-state index < -0.39 is 5.97 Å². The third-order valence-corrected chi connectivity index (χ3v) is 2.00. The molecule has 10 heavy (non-hydrogen) atoms.